The molecule has 0 N–H and O–H groups in total. The normalized spacial score (nSPS) is 10.9. The van der Waals surface area contributed by atoms with Gasteiger partial charge in [-0.25, -0.2) is 4.98 Å². The zero-order valence-corrected chi connectivity index (χ0v) is 11.6. The fraction of sp³-hybridized carbons (Fsp3) is 0.267. The molecule has 0 spiro atoms. The van der Waals surface area contributed by atoms with Crippen LogP contribution in [0.15, 0.2) is 41.2 Å². The molecule has 102 valence electrons. The lowest BCUT2D eigenvalue weighted by atomic mass is 10.1. The van der Waals surface area contributed by atoms with E-state index in [2.05, 4.69) is 22.0 Å². The molecule has 1 aromatic carbocycles. The Kier molecular flexibility index (Phi) is 3.33. The van der Waals surface area contributed by atoms with Gasteiger partial charge in [-0.05, 0) is 19.1 Å². The molecule has 0 saturated heterocycles. The predicted octanol–water partition coefficient (Wildman–Crippen LogP) is 2.85. The number of rotatable bonds is 4. The SMILES string of the molecule is CCc1nccn1Cc1noc(-c2ccc(C)cc2)n1. The largest absolute Gasteiger partial charge is 0.334 e. The number of hydrogen-bond donors (Lipinski definition) is 0. The van der Waals surface area contributed by atoms with Gasteiger partial charge in [-0.3, -0.25) is 0 Å². The summed E-state index contributed by atoms with van der Waals surface area (Å²) >= 11 is 0. The Balaban J connectivity index is 1.82. The van der Waals surface area contributed by atoms with Gasteiger partial charge in [-0.1, -0.05) is 29.8 Å². The van der Waals surface area contributed by atoms with Gasteiger partial charge in [0.05, 0.1) is 6.54 Å². The van der Waals surface area contributed by atoms with Gasteiger partial charge < -0.3 is 9.09 Å². The van der Waals surface area contributed by atoms with Crippen molar-refractivity contribution in [1.29, 1.82) is 0 Å². The van der Waals surface area contributed by atoms with E-state index in [-0.39, 0.29) is 0 Å². The summed E-state index contributed by atoms with van der Waals surface area (Å²) in [6, 6.07) is 8.04. The Hall–Kier alpha value is -2.43. The number of aryl methyl sites for hydroxylation is 2. The second-order valence-corrected chi connectivity index (χ2v) is 4.71. The Labute approximate surface area is 117 Å². The molecule has 2 heterocycles. The third-order valence-electron chi connectivity index (χ3n) is 3.20. The van der Waals surface area contributed by atoms with Crippen LogP contribution in [-0.2, 0) is 13.0 Å². The molecule has 2 aromatic heterocycles. The highest BCUT2D eigenvalue weighted by atomic mass is 16.5. The summed E-state index contributed by atoms with van der Waals surface area (Å²) in [5, 5.41) is 4.03. The highest BCUT2D eigenvalue weighted by molar-refractivity contribution is 5.53. The number of nitrogens with zero attached hydrogens (tertiary/aromatic N) is 4. The standard InChI is InChI=1S/C15H16N4O/c1-3-14-16-8-9-19(14)10-13-17-15(20-18-13)12-6-4-11(2)5-7-12/h4-9H,3,10H2,1-2H3. The van der Waals surface area contributed by atoms with Crippen LogP contribution in [0.2, 0.25) is 0 Å². The fourth-order valence-electron chi connectivity index (χ4n) is 2.08. The first kappa shape index (κ1) is 12.6. The average Bonchev–Trinajstić information content (AvgIpc) is 3.09. The van der Waals surface area contributed by atoms with Gasteiger partial charge in [0, 0.05) is 24.4 Å². The summed E-state index contributed by atoms with van der Waals surface area (Å²) in [7, 11) is 0. The van der Waals surface area contributed by atoms with E-state index >= 15 is 0 Å². The van der Waals surface area contributed by atoms with Crippen molar-refractivity contribution in [3.63, 3.8) is 0 Å². The quantitative estimate of drug-likeness (QED) is 0.730. The lowest BCUT2D eigenvalue weighted by molar-refractivity contribution is 0.420. The molecule has 20 heavy (non-hydrogen) atoms. The molecule has 5 nitrogen and oxygen atoms in total. The smallest absolute Gasteiger partial charge is 0.257 e. The van der Waals surface area contributed by atoms with Crippen LogP contribution in [0.4, 0.5) is 0 Å². The van der Waals surface area contributed by atoms with E-state index in [0.717, 1.165) is 17.8 Å². The molecule has 0 unspecified atom stereocenters. The zero-order chi connectivity index (χ0) is 13.9. The molecule has 0 fully saturated rings. The lowest BCUT2D eigenvalue weighted by Crippen LogP contribution is -2.04. The van der Waals surface area contributed by atoms with Crippen molar-refractivity contribution in [3.8, 4) is 11.5 Å². The molecule has 5 heteroatoms. The van der Waals surface area contributed by atoms with Crippen molar-refractivity contribution < 1.29 is 4.52 Å². The third-order valence-corrected chi connectivity index (χ3v) is 3.20. The van der Waals surface area contributed by atoms with E-state index in [4.69, 9.17) is 4.52 Å². The molecule has 0 aliphatic heterocycles. The topological polar surface area (TPSA) is 56.7 Å². The molecule has 0 saturated carbocycles. The minimum absolute atomic E-state index is 0.554. The maximum atomic E-state index is 5.32. The minimum Gasteiger partial charge on any atom is -0.334 e. The van der Waals surface area contributed by atoms with Crippen molar-refractivity contribution in [2.45, 2.75) is 26.8 Å². The molecule has 0 aliphatic rings. The summed E-state index contributed by atoms with van der Waals surface area (Å²) in [5.74, 6) is 2.23. The Bertz CT molecular complexity index is 697. The first-order chi connectivity index (χ1) is 9.76. The highest BCUT2D eigenvalue weighted by Gasteiger charge is 2.10. The summed E-state index contributed by atoms with van der Waals surface area (Å²) in [4.78, 5) is 8.72. The Morgan fingerprint density at radius 3 is 2.75 bits per heavy atom. The maximum absolute atomic E-state index is 5.32. The predicted molar refractivity (Wildman–Crippen MR) is 75.2 cm³/mol. The molecule has 0 amide bonds. The van der Waals surface area contributed by atoms with E-state index in [1.165, 1.54) is 5.56 Å². The molecule has 0 bridgehead atoms. The van der Waals surface area contributed by atoms with Gasteiger partial charge in [0.1, 0.15) is 5.82 Å². The van der Waals surface area contributed by atoms with Gasteiger partial charge in [0.15, 0.2) is 5.82 Å². The number of aromatic nitrogens is 4. The zero-order valence-electron chi connectivity index (χ0n) is 11.6. The second-order valence-electron chi connectivity index (χ2n) is 4.71. The summed E-state index contributed by atoms with van der Waals surface area (Å²) in [5.41, 5.74) is 2.15. The molecule has 3 aromatic rings. The Morgan fingerprint density at radius 1 is 1.20 bits per heavy atom. The second kappa shape index (κ2) is 5.28. The van der Waals surface area contributed by atoms with E-state index < -0.39 is 0 Å². The van der Waals surface area contributed by atoms with E-state index in [1.54, 1.807) is 6.20 Å². The minimum atomic E-state index is 0.554. The number of benzene rings is 1. The lowest BCUT2D eigenvalue weighted by Gasteiger charge is -2.01. The summed E-state index contributed by atoms with van der Waals surface area (Å²) < 4.78 is 7.35. The van der Waals surface area contributed by atoms with E-state index in [0.29, 0.717) is 18.3 Å². The van der Waals surface area contributed by atoms with Gasteiger partial charge in [0.2, 0.25) is 0 Å². The van der Waals surface area contributed by atoms with Crippen molar-refractivity contribution in [1.82, 2.24) is 19.7 Å². The molecule has 3 rings (SSSR count). The molecular formula is C15H16N4O. The van der Waals surface area contributed by atoms with Crippen molar-refractivity contribution in [2.24, 2.45) is 0 Å². The van der Waals surface area contributed by atoms with E-state index in [1.807, 2.05) is 42.0 Å². The maximum Gasteiger partial charge on any atom is 0.257 e. The van der Waals surface area contributed by atoms with Crippen LogP contribution in [0.1, 0.15) is 24.1 Å². The number of hydrogen-bond acceptors (Lipinski definition) is 4. The summed E-state index contributed by atoms with van der Waals surface area (Å²) in [6.07, 6.45) is 4.61. The molecule has 0 atom stereocenters. The monoisotopic (exact) mass is 268 g/mol. The third kappa shape index (κ3) is 2.47. The summed E-state index contributed by atoms with van der Waals surface area (Å²) in [6.45, 7) is 4.71. The van der Waals surface area contributed by atoms with Crippen LogP contribution in [0.25, 0.3) is 11.5 Å². The first-order valence-electron chi connectivity index (χ1n) is 6.66. The van der Waals surface area contributed by atoms with Crippen LogP contribution in [0.5, 0.6) is 0 Å². The first-order valence-corrected chi connectivity index (χ1v) is 6.66. The van der Waals surface area contributed by atoms with Crippen LogP contribution in [0, 0.1) is 6.92 Å². The van der Waals surface area contributed by atoms with Crippen LogP contribution in [0.3, 0.4) is 0 Å². The fourth-order valence-corrected chi connectivity index (χ4v) is 2.08. The van der Waals surface area contributed by atoms with Gasteiger partial charge >= 0.3 is 0 Å². The van der Waals surface area contributed by atoms with Gasteiger partial charge in [0.25, 0.3) is 5.89 Å². The molecule has 0 aliphatic carbocycles. The van der Waals surface area contributed by atoms with Crippen molar-refractivity contribution in [3.05, 3.63) is 53.9 Å². The van der Waals surface area contributed by atoms with Crippen LogP contribution in [-0.4, -0.2) is 19.7 Å². The highest BCUT2D eigenvalue weighted by Crippen LogP contribution is 2.18. The molecule has 0 radical (unpaired) electrons. The van der Waals surface area contributed by atoms with Crippen molar-refractivity contribution >= 4 is 0 Å². The van der Waals surface area contributed by atoms with Gasteiger partial charge in [-0.15, -0.1) is 0 Å². The molecular weight excluding hydrogens is 252 g/mol. The number of imidazole rings is 1. The van der Waals surface area contributed by atoms with Crippen LogP contribution >= 0.6 is 0 Å². The Morgan fingerprint density at radius 2 is 2.00 bits per heavy atom. The van der Waals surface area contributed by atoms with Crippen molar-refractivity contribution in [2.75, 3.05) is 0 Å². The van der Waals surface area contributed by atoms with E-state index in [9.17, 15) is 0 Å². The van der Waals surface area contributed by atoms with Crippen LogP contribution < -0.4 is 0 Å². The van der Waals surface area contributed by atoms with Gasteiger partial charge in [-0.2, -0.15) is 4.98 Å². The average molecular weight is 268 g/mol.